The van der Waals surface area contributed by atoms with Gasteiger partial charge in [-0.3, -0.25) is 9.59 Å². The van der Waals surface area contributed by atoms with Crippen LogP contribution in [-0.4, -0.2) is 31.0 Å². The summed E-state index contributed by atoms with van der Waals surface area (Å²) in [6.07, 6.45) is 5.00. The summed E-state index contributed by atoms with van der Waals surface area (Å²) in [7, 11) is 0. The van der Waals surface area contributed by atoms with E-state index in [0.29, 0.717) is 41.9 Å². The third-order valence-electron chi connectivity index (χ3n) is 8.31. The van der Waals surface area contributed by atoms with Gasteiger partial charge in [0.15, 0.2) is 0 Å². The third-order valence-corrected chi connectivity index (χ3v) is 9.41. The summed E-state index contributed by atoms with van der Waals surface area (Å²) in [5.41, 5.74) is 6.11. The zero-order valence-corrected chi connectivity index (χ0v) is 22.1. The van der Waals surface area contributed by atoms with Crippen LogP contribution in [0.3, 0.4) is 0 Å². The number of imidazole rings is 1. The molecule has 10 heteroatoms. The van der Waals surface area contributed by atoms with Crippen LogP contribution >= 0.6 is 22.9 Å². The standard InChI is InChI=1S/C29H21ClFN5O2S/c30-17-3-1-15-11-29(7-8-29)35-28(38)25-16(24(15)26(17)31)10-23(37)36-20(25)4-5-21(36)27-32-12-19(34-27)14-2-6-22-18(9-14)33-13-39-22/h1-3,6,9-10,12-13,21H,4-5,7-8,11H2,(H,32,34)(H,35,38)/t21-/m0/s1. The summed E-state index contributed by atoms with van der Waals surface area (Å²) < 4.78 is 18.3. The van der Waals surface area contributed by atoms with Crippen LogP contribution in [0.15, 0.2) is 52.9 Å². The number of pyridine rings is 1. The number of hydrogen-bond acceptors (Lipinski definition) is 5. The van der Waals surface area contributed by atoms with Crippen molar-refractivity contribution < 1.29 is 9.18 Å². The van der Waals surface area contributed by atoms with E-state index in [9.17, 15) is 9.59 Å². The van der Waals surface area contributed by atoms with Crippen LogP contribution < -0.4 is 10.9 Å². The maximum absolute atomic E-state index is 15.5. The van der Waals surface area contributed by atoms with E-state index in [1.807, 2.05) is 29.8 Å². The van der Waals surface area contributed by atoms with Gasteiger partial charge in [-0.15, -0.1) is 11.3 Å². The van der Waals surface area contributed by atoms with Crippen LogP contribution in [0.4, 0.5) is 4.39 Å². The molecular formula is C29H21ClFN5O2S. The van der Waals surface area contributed by atoms with Crippen LogP contribution in [0.1, 0.15) is 52.7 Å². The molecule has 1 spiro atoms. The highest BCUT2D eigenvalue weighted by atomic mass is 35.5. The number of carbonyl (C=O) groups is 1. The topological polar surface area (TPSA) is 92.7 Å². The molecule has 0 unspecified atom stereocenters. The second-order valence-corrected chi connectivity index (χ2v) is 12.0. The molecule has 3 aromatic heterocycles. The van der Waals surface area contributed by atoms with E-state index in [1.165, 1.54) is 6.07 Å². The molecule has 5 heterocycles. The lowest BCUT2D eigenvalue weighted by Crippen LogP contribution is -2.41. The number of fused-ring (bicyclic) bond motifs is 6. The van der Waals surface area contributed by atoms with Crippen molar-refractivity contribution in [2.24, 2.45) is 0 Å². The molecule has 1 aliphatic carbocycles. The highest BCUT2D eigenvalue weighted by Gasteiger charge is 2.47. The van der Waals surface area contributed by atoms with Crippen LogP contribution in [0.25, 0.3) is 32.6 Å². The molecule has 39 heavy (non-hydrogen) atoms. The van der Waals surface area contributed by atoms with E-state index >= 15 is 4.39 Å². The minimum absolute atomic E-state index is 0.0250. The molecule has 0 bridgehead atoms. The average molecular weight is 558 g/mol. The predicted molar refractivity (Wildman–Crippen MR) is 148 cm³/mol. The molecule has 7 nitrogen and oxygen atoms in total. The Morgan fingerprint density at radius 3 is 2.82 bits per heavy atom. The van der Waals surface area contributed by atoms with Crippen molar-refractivity contribution in [3.8, 4) is 22.4 Å². The number of nitrogens with zero attached hydrogens (tertiary/aromatic N) is 3. The molecule has 1 amide bonds. The second-order valence-electron chi connectivity index (χ2n) is 10.7. The minimum atomic E-state index is -0.590. The van der Waals surface area contributed by atoms with Gasteiger partial charge in [0, 0.05) is 34.0 Å². The van der Waals surface area contributed by atoms with Crippen LogP contribution in [0, 0.1) is 5.82 Å². The Labute approximate surface area is 230 Å². The number of nitrogens with one attached hydrogen (secondary N) is 2. The summed E-state index contributed by atoms with van der Waals surface area (Å²) in [4.78, 5) is 39.8. The van der Waals surface area contributed by atoms with Gasteiger partial charge in [-0.25, -0.2) is 14.4 Å². The van der Waals surface area contributed by atoms with Gasteiger partial charge < -0.3 is 14.9 Å². The summed E-state index contributed by atoms with van der Waals surface area (Å²) >= 11 is 7.78. The monoisotopic (exact) mass is 557 g/mol. The van der Waals surface area contributed by atoms with Gasteiger partial charge in [0.25, 0.3) is 11.5 Å². The number of benzene rings is 2. The van der Waals surface area contributed by atoms with E-state index in [2.05, 4.69) is 20.3 Å². The van der Waals surface area contributed by atoms with E-state index in [4.69, 9.17) is 11.6 Å². The van der Waals surface area contributed by atoms with Gasteiger partial charge >= 0.3 is 0 Å². The second kappa shape index (κ2) is 8.09. The van der Waals surface area contributed by atoms with Crippen molar-refractivity contribution in [2.45, 2.75) is 43.7 Å². The Balaban J connectivity index is 1.27. The number of rotatable bonds is 2. The molecule has 1 atom stereocenters. The number of H-pyrrole nitrogens is 1. The van der Waals surface area contributed by atoms with Gasteiger partial charge in [0.1, 0.15) is 11.6 Å². The molecule has 2 N–H and O–H groups in total. The van der Waals surface area contributed by atoms with Gasteiger partial charge in [0.05, 0.1) is 44.2 Å². The number of aromatic amines is 1. The molecule has 2 aliphatic heterocycles. The van der Waals surface area contributed by atoms with Gasteiger partial charge in [-0.05, 0) is 55.9 Å². The highest BCUT2D eigenvalue weighted by Crippen LogP contribution is 2.46. The molecule has 194 valence electrons. The Bertz CT molecular complexity index is 1920. The Kier molecular flexibility index (Phi) is 4.79. The van der Waals surface area contributed by atoms with Crippen molar-refractivity contribution in [3.63, 3.8) is 0 Å². The first-order valence-corrected chi connectivity index (χ1v) is 14.1. The molecule has 5 aromatic rings. The first-order chi connectivity index (χ1) is 18.9. The van der Waals surface area contributed by atoms with Crippen molar-refractivity contribution >= 4 is 39.1 Å². The summed E-state index contributed by atoms with van der Waals surface area (Å²) in [6, 6.07) is 10.4. The Morgan fingerprint density at radius 2 is 1.97 bits per heavy atom. The molecular weight excluding hydrogens is 537 g/mol. The Morgan fingerprint density at radius 1 is 1.10 bits per heavy atom. The minimum Gasteiger partial charge on any atom is -0.346 e. The third kappa shape index (κ3) is 3.46. The van der Waals surface area contributed by atoms with E-state index in [-0.39, 0.29) is 33.6 Å². The zero-order chi connectivity index (χ0) is 26.5. The van der Waals surface area contributed by atoms with E-state index in [1.54, 1.807) is 28.2 Å². The zero-order valence-electron chi connectivity index (χ0n) is 20.6. The van der Waals surface area contributed by atoms with Crippen molar-refractivity contribution in [2.75, 3.05) is 0 Å². The fourth-order valence-electron chi connectivity index (χ4n) is 6.25. The maximum atomic E-state index is 15.5. The number of aromatic nitrogens is 4. The lowest BCUT2D eigenvalue weighted by atomic mass is 9.88. The van der Waals surface area contributed by atoms with Gasteiger partial charge in [-0.2, -0.15) is 0 Å². The number of amides is 1. The quantitative estimate of drug-likeness (QED) is 0.293. The molecule has 1 fully saturated rings. The average Bonchev–Trinajstić information content (AvgIpc) is 3.31. The molecule has 0 saturated heterocycles. The summed E-state index contributed by atoms with van der Waals surface area (Å²) in [5, 5.41) is 3.18. The number of thiazole rings is 1. The molecule has 1 saturated carbocycles. The van der Waals surface area contributed by atoms with Crippen LogP contribution in [0.5, 0.6) is 0 Å². The predicted octanol–water partition coefficient (Wildman–Crippen LogP) is 5.66. The molecule has 0 radical (unpaired) electrons. The molecule has 3 aliphatic rings. The normalized spacial score (nSPS) is 18.8. The van der Waals surface area contributed by atoms with Crippen molar-refractivity contribution in [1.29, 1.82) is 0 Å². The van der Waals surface area contributed by atoms with Crippen LogP contribution in [-0.2, 0) is 12.8 Å². The summed E-state index contributed by atoms with van der Waals surface area (Å²) in [6.45, 7) is 0. The van der Waals surface area contributed by atoms with Crippen LogP contribution in [0.2, 0.25) is 5.02 Å². The lowest BCUT2D eigenvalue weighted by molar-refractivity contribution is 0.0929. The fourth-order valence-corrected chi connectivity index (χ4v) is 7.06. The number of hydrogen-bond donors (Lipinski definition) is 2. The maximum Gasteiger partial charge on any atom is 0.254 e. The summed E-state index contributed by atoms with van der Waals surface area (Å²) in [5.74, 6) is -0.218. The SMILES string of the molecule is O=C1NC2(CC2)Cc2ccc(Cl)c(F)c2-c2cc(=O)n3c(c21)CC[C@H]3c1ncc(-c2ccc3scnc3c2)[nH]1. The van der Waals surface area contributed by atoms with Crippen molar-refractivity contribution in [1.82, 2.24) is 24.8 Å². The number of halogens is 2. The largest absolute Gasteiger partial charge is 0.346 e. The first-order valence-electron chi connectivity index (χ1n) is 12.9. The fraction of sp³-hybridized carbons (Fsp3) is 0.241. The molecule has 8 rings (SSSR count). The van der Waals surface area contributed by atoms with Crippen molar-refractivity contribution in [3.05, 3.63) is 91.9 Å². The lowest BCUT2D eigenvalue weighted by Gasteiger charge is -2.27. The van der Waals surface area contributed by atoms with Gasteiger partial charge in [-0.1, -0.05) is 23.7 Å². The smallest absolute Gasteiger partial charge is 0.254 e. The highest BCUT2D eigenvalue weighted by molar-refractivity contribution is 7.16. The van der Waals surface area contributed by atoms with E-state index < -0.39 is 5.82 Å². The number of carbonyl (C=O) groups excluding carboxylic acids is 1. The first kappa shape index (κ1) is 23.1. The Hall–Kier alpha value is -3.82. The van der Waals surface area contributed by atoms with E-state index in [0.717, 1.165) is 39.9 Å². The molecule has 2 aromatic carbocycles. The van der Waals surface area contributed by atoms with Gasteiger partial charge in [0.2, 0.25) is 0 Å².